The Morgan fingerprint density at radius 2 is 1.94 bits per heavy atom. The highest BCUT2D eigenvalue weighted by molar-refractivity contribution is 5.77. The molecular formula is C26H40N4O5. The van der Waals surface area contributed by atoms with Crippen LogP contribution in [0.15, 0.2) is 30.3 Å². The van der Waals surface area contributed by atoms with Crippen LogP contribution in [0.2, 0.25) is 0 Å². The molecule has 9 nitrogen and oxygen atoms in total. The number of carbonyl (C=O) groups is 2. The van der Waals surface area contributed by atoms with Crippen LogP contribution >= 0.6 is 0 Å². The van der Waals surface area contributed by atoms with E-state index in [4.69, 9.17) is 9.47 Å². The first-order chi connectivity index (χ1) is 17.0. The minimum absolute atomic E-state index is 0.0136. The maximum atomic E-state index is 12.8. The monoisotopic (exact) mass is 488 g/mol. The summed E-state index contributed by atoms with van der Waals surface area (Å²) < 4.78 is 11.9. The number of hydrogen-bond donors (Lipinski definition) is 3. The second kappa shape index (κ2) is 12.7. The average molecular weight is 489 g/mol. The zero-order valence-electron chi connectivity index (χ0n) is 20.7. The Kier molecular flexibility index (Phi) is 9.37. The van der Waals surface area contributed by atoms with E-state index in [1.807, 2.05) is 13.0 Å². The second-order valence-electron chi connectivity index (χ2n) is 9.99. The van der Waals surface area contributed by atoms with E-state index in [0.29, 0.717) is 32.4 Å². The van der Waals surface area contributed by atoms with Gasteiger partial charge in [-0.2, -0.15) is 0 Å². The Morgan fingerprint density at radius 3 is 2.74 bits per heavy atom. The van der Waals surface area contributed by atoms with Crippen LogP contribution < -0.4 is 10.6 Å². The molecule has 3 heterocycles. The van der Waals surface area contributed by atoms with E-state index in [2.05, 4.69) is 39.8 Å². The normalized spacial score (nSPS) is 29.7. The van der Waals surface area contributed by atoms with Crippen LogP contribution in [-0.4, -0.2) is 96.6 Å². The summed E-state index contributed by atoms with van der Waals surface area (Å²) in [5, 5.41) is 16.3. The average Bonchev–Trinajstić information content (AvgIpc) is 3.27. The van der Waals surface area contributed by atoms with Gasteiger partial charge in [0.2, 0.25) is 5.91 Å². The van der Waals surface area contributed by atoms with Gasteiger partial charge in [-0.15, -0.1) is 0 Å². The molecule has 0 spiro atoms. The van der Waals surface area contributed by atoms with Crippen LogP contribution in [0.3, 0.4) is 0 Å². The Bertz CT molecular complexity index is 825. The van der Waals surface area contributed by atoms with Gasteiger partial charge in [-0.3, -0.25) is 9.69 Å². The summed E-state index contributed by atoms with van der Waals surface area (Å²) in [5.74, 6) is 0.0136. The number of aliphatic hydroxyl groups is 1. The molecule has 1 aromatic carbocycles. The van der Waals surface area contributed by atoms with E-state index in [9.17, 15) is 14.7 Å². The second-order valence-corrected chi connectivity index (χ2v) is 9.99. The fourth-order valence-electron chi connectivity index (χ4n) is 5.34. The molecule has 0 aliphatic carbocycles. The molecule has 3 aliphatic heterocycles. The summed E-state index contributed by atoms with van der Waals surface area (Å²) in [6.45, 7) is 6.01. The minimum atomic E-state index is -0.723. The number of aliphatic hydroxyl groups excluding tert-OH is 1. The van der Waals surface area contributed by atoms with Crippen molar-refractivity contribution in [3.05, 3.63) is 35.9 Å². The van der Waals surface area contributed by atoms with E-state index >= 15 is 0 Å². The lowest BCUT2D eigenvalue weighted by molar-refractivity contribution is -0.150. The molecule has 0 radical (unpaired) electrons. The third-order valence-corrected chi connectivity index (χ3v) is 7.07. The molecule has 3 amide bonds. The van der Waals surface area contributed by atoms with Crippen molar-refractivity contribution in [2.24, 2.45) is 0 Å². The van der Waals surface area contributed by atoms with Gasteiger partial charge in [0, 0.05) is 32.2 Å². The number of nitrogens with one attached hydrogen (secondary N) is 2. The topological polar surface area (TPSA) is 103 Å². The molecule has 3 N–H and O–H groups in total. The fraction of sp³-hybridized carbons (Fsp3) is 0.692. The van der Waals surface area contributed by atoms with Crippen LogP contribution in [0.1, 0.15) is 44.6 Å². The van der Waals surface area contributed by atoms with Crippen LogP contribution in [0.5, 0.6) is 0 Å². The van der Waals surface area contributed by atoms with Gasteiger partial charge in [0.1, 0.15) is 6.10 Å². The van der Waals surface area contributed by atoms with E-state index in [-0.39, 0.29) is 49.4 Å². The number of urea groups is 1. The Balaban J connectivity index is 1.26. The fourth-order valence-corrected chi connectivity index (χ4v) is 5.34. The highest BCUT2D eigenvalue weighted by atomic mass is 16.5. The van der Waals surface area contributed by atoms with Gasteiger partial charge in [-0.25, -0.2) is 4.79 Å². The summed E-state index contributed by atoms with van der Waals surface area (Å²) in [4.78, 5) is 29.6. The van der Waals surface area contributed by atoms with Gasteiger partial charge in [-0.1, -0.05) is 37.3 Å². The van der Waals surface area contributed by atoms with Gasteiger partial charge in [0.25, 0.3) is 0 Å². The summed E-state index contributed by atoms with van der Waals surface area (Å²) in [5.41, 5.74) is 1.29. The summed E-state index contributed by atoms with van der Waals surface area (Å²) in [6, 6.07) is 10.2. The number of carbonyl (C=O) groups excluding carboxylic acids is 2. The lowest BCUT2D eigenvalue weighted by Gasteiger charge is -2.44. The van der Waals surface area contributed by atoms with Crippen LogP contribution in [0, 0.1) is 0 Å². The smallest absolute Gasteiger partial charge is 0.317 e. The number of rotatable bonds is 7. The van der Waals surface area contributed by atoms with Crippen molar-refractivity contribution in [3.63, 3.8) is 0 Å². The number of ether oxygens (including phenoxy) is 2. The summed E-state index contributed by atoms with van der Waals surface area (Å²) in [6.07, 6.45) is 2.27. The first-order valence-electron chi connectivity index (χ1n) is 13.0. The lowest BCUT2D eigenvalue weighted by atomic mass is 9.95. The van der Waals surface area contributed by atoms with Gasteiger partial charge >= 0.3 is 6.03 Å². The molecule has 3 aliphatic rings. The first kappa shape index (κ1) is 25.9. The Hall–Kier alpha value is -2.20. The predicted molar refractivity (Wildman–Crippen MR) is 132 cm³/mol. The maximum Gasteiger partial charge on any atom is 0.317 e. The maximum absolute atomic E-state index is 12.8. The van der Waals surface area contributed by atoms with Gasteiger partial charge in [0.05, 0.1) is 44.4 Å². The largest absolute Gasteiger partial charge is 0.389 e. The molecule has 0 aromatic heterocycles. The molecule has 35 heavy (non-hydrogen) atoms. The zero-order chi connectivity index (χ0) is 24.6. The number of hydrogen-bond acceptors (Lipinski definition) is 6. The molecule has 4 rings (SSSR count). The van der Waals surface area contributed by atoms with E-state index in [0.717, 1.165) is 32.5 Å². The molecule has 0 bridgehead atoms. The molecule has 3 saturated heterocycles. The molecule has 9 heteroatoms. The molecule has 1 aromatic rings. The third-order valence-electron chi connectivity index (χ3n) is 7.07. The van der Waals surface area contributed by atoms with Crippen molar-refractivity contribution in [1.29, 1.82) is 0 Å². The van der Waals surface area contributed by atoms with Crippen molar-refractivity contribution in [1.82, 2.24) is 20.4 Å². The van der Waals surface area contributed by atoms with Crippen molar-refractivity contribution >= 4 is 11.9 Å². The number of likely N-dealkylation sites (tertiary alicyclic amines) is 1. The Morgan fingerprint density at radius 1 is 1.11 bits per heavy atom. The first-order valence-corrected chi connectivity index (χ1v) is 13.0. The number of amides is 3. The molecule has 5 atom stereocenters. The van der Waals surface area contributed by atoms with E-state index in [1.165, 1.54) is 5.56 Å². The summed E-state index contributed by atoms with van der Waals surface area (Å²) >= 11 is 0. The quantitative estimate of drug-likeness (QED) is 0.538. The van der Waals surface area contributed by atoms with E-state index in [1.54, 1.807) is 4.90 Å². The number of nitrogens with zero attached hydrogens (tertiary/aromatic N) is 2. The van der Waals surface area contributed by atoms with Crippen molar-refractivity contribution < 1.29 is 24.2 Å². The molecular weight excluding hydrogens is 448 g/mol. The van der Waals surface area contributed by atoms with Crippen LogP contribution in [-0.2, 0) is 20.8 Å². The Labute approximate surface area is 208 Å². The van der Waals surface area contributed by atoms with Crippen LogP contribution in [0.4, 0.5) is 4.79 Å². The number of β-amino-alcohol motifs (C(OH)–C–C–N with tert-alkyl or cyclic N) is 1. The number of benzene rings is 1. The standard InChI is InChI=1S/C26H40N4O5/c1-2-11-27-26(33)30-16-21(31)17-34-18-24-23(30)9-8-22(35-24)13-25(32)28-20-10-12-29(15-20)14-19-6-4-3-5-7-19/h3-7,20-24,31H,2,8-18H2,1H3,(H,27,33)(H,28,32)/t20-,21+,22-,23+,24-/m0/s1. The lowest BCUT2D eigenvalue weighted by Crippen LogP contribution is -2.59. The van der Waals surface area contributed by atoms with Gasteiger partial charge in [-0.05, 0) is 31.2 Å². The zero-order valence-corrected chi connectivity index (χ0v) is 20.7. The van der Waals surface area contributed by atoms with Gasteiger partial charge in [0.15, 0.2) is 0 Å². The van der Waals surface area contributed by atoms with Crippen LogP contribution in [0.25, 0.3) is 0 Å². The van der Waals surface area contributed by atoms with Crippen molar-refractivity contribution in [3.8, 4) is 0 Å². The SMILES string of the molecule is CCCNC(=O)N1C[C@@H](O)COC[C@@H]2O[C@H](CC(=O)N[C@H]3CCN(Cc4ccccc4)C3)CC[C@H]21. The van der Waals surface area contributed by atoms with E-state index < -0.39 is 6.10 Å². The van der Waals surface area contributed by atoms with Crippen molar-refractivity contribution in [2.45, 2.75) is 76.0 Å². The van der Waals surface area contributed by atoms with Gasteiger partial charge < -0.3 is 30.1 Å². The summed E-state index contributed by atoms with van der Waals surface area (Å²) in [7, 11) is 0. The molecule has 0 saturated carbocycles. The predicted octanol–water partition coefficient (Wildman–Crippen LogP) is 1.50. The number of fused-ring (bicyclic) bond motifs is 1. The third kappa shape index (κ3) is 7.39. The highest BCUT2D eigenvalue weighted by Gasteiger charge is 2.40. The molecule has 0 unspecified atom stereocenters. The minimum Gasteiger partial charge on any atom is -0.389 e. The molecule has 3 fully saturated rings. The highest BCUT2D eigenvalue weighted by Crippen LogP contribution is 2.28. The van der Waals surface area contributed by atoms with Crippen molar-refractivity contribution in [2.75, 3.05) is 39.4 Å². The molecule has 194 valence electrons.